The van der Waals surface area contributed by atoms with Crippen molar-refractivity contribution in [1.29, 1.82) is 0 Å². The van der Waals surface area contributed by atoms with E-state index in [4.69, 9.17) is 14.5 Å². The summed E-state index contributed by atoms with van der Waals surface area (Å²) >= 11 is 0. The average molecular weight is 358 g/mol. The number of para-hydroxylation sites is 1. The van der Waals surface area contributed by atoms with Gasteiger partial charge in [0, 0.05) is 43.6 Å². The summed E-state index contributed by atoms with van der Waals surface area (Å²) in [6.45, 7) is 6.30. The summed E-state index contributed by atoms with van der Waals surface area (Å²) in [6.07, 6.45) is 2.80. The van der Waals surface area contributed by atoms with E-state index in [0.29, 0.717) is 13.0 Å². The molecule has 1 amide bonds. The third-order valence-corrected chi connectivity index (χ3v) is 5.37. The van der Waals surface area contributed by atoms with Gasteiger partial charge in [-0.25, -0.2) is 4.99 Å². The van der Waals surface area contributed by atoms with Crippen LogP contribution in [-0.4, -0.2) is 49.7 Å². The van der Waals surface area contributed by atoms with Gasteiger partial charge in [-0.05, 0) is 25.8 Å². The largest absolute Gasteiger partial charge is 0.454 e. The molecule has 2 N–H and O–H groups in total. The van der Waals surface area contributed by atoms with E-state index in [2.05, 4.69) is 22.5 Å². The zero-order valence-corrected chi connectivity index (χ0v) is 15.2. The number of fused-ring (bicyclic) bond motifs is 1. The Kier molecular flexibility index (Phi) is 4.61. The minimum absolute atomic E-state index is 0.0521. The molecule has 0 bridgehead atoms. The Morgan fingerprint density at radius 2 is 2.35 bits per heavy atom. The molecule has 4 rings (SSSR count). The molecule has 2 fully saturated rings. The van der Waals surface area contributed by atoms with Crippen LogP contribution in [0.2, 0.25) is 0 Å². The molecule has 3 aliphatic heterocycles. The molecule has 1 aromatic carbocycles. The van der Waals surface area contributed by atoms with Gasteiger partial charge in [-0.15, -0.1) is 0 Å². The number of likely N-dealkylation sites (tertiary alicyclic amines) is 1. The molecule has 26 heavy (non-hydrogen) atoms. The Hall–Kier alpha value is -2.44. The molecule has 1 unspecified atom stereocenters. The van der Waals surface area contributed by atoms with E-state index in [0.717, 1.165) is 62.0 Å². The molecular weight excluding hydrogens is 332 g/mol. The van der Waals surface area contributed by atoms with Crippen LogP contribution in [0.1, 0.15) is 31.7 Å². The van der Waals surface area contributed by atoms with Crippen molar-refractivity contribution in [2.45, 2.75) is 32.7 Å². The maximum Gasteiger partial charge on any atom is 0.231 e. The fraction of sp³-hybridized carbons (Fsp3) is 0.579. The zero-order valence-electron chi connectivity index (χ0n) is 15.2. The van der Waals surface area contributed by atoms with Crippen LogP contribution >= 0.6 is 0 Å². The van der Waals surface area contributed by atoms with Crippen LogP contribution in [0.25, 0.3) is 0 Å². The van der Waals surface area contributed by atoms with Crippen LogP contribution in [0.4, 0.5) is 0 Å². The average Bonchev–Trinajstić information content (AvgIpc) is 3.26. The lowest BCUT2D eigenvalue weighted by atomic mass is 9.79. The first kappa shape index (κ1) is 17.0. The maximum atomic E-state index is 11.7. The highest BCUT2D eigenvalue weighted by Crippen LogP contribution is 2.37. The molecule has 2 saturated heterocycles. The second-order valence-electron chi connectivity index (χ2n) is 7.30. The lowest BCUT2D eigenvalue weighted by molar-refractivity contribution is -0.119. The summed E-state index contributed by atoms with van der Waals surface area (Å²) in [7, 11) is 0. The standard InChI is InChI=1S/C19H26N4O3/c1-2-20-18(21-10-14-5-3-6-15-17(14)26-13-25-15)23-8-4-7-19(12-23)9-16(24)22-11-19/h3,5-6H,2,4,7-13H2,1H3,(H,20,21)(H,22,24). The van der Waals surface area contributed by atoms with Gasteiger partial charge < -0.3 is 25.0 Å². The van der Waals surface area contributed by atoms with Crippen LogP contribution < -0.4 is 20.1 Å². The Morgan fingerprint density at radius 3 is 3.15 bits per heavy atom. The van der Waals surface area contributed by atoms with E-state index < -0.39 is 0 Å². The molecule has 1 atom stereocenters. The second-order valence-corrected chi connectivity index (χ2v) is 7.30. The van der Waals surface area contributed by atoms with E-state index in [9.17, 15) is 4.79 Å². The van der Waals surface area contributed by atoms with Crippen LogP contribution in [0.5, 0.6) is 11.5 Å². The number of benzene rings is 1. The van der Waals surface area contributed by atoms with Gasteiger partial charge in [-0.3, -0.25) is 4.79 Å². The van der Waals surface area contributed by atoms with Gasteiger partial charge >= 0.3 is 0 Å². The molecule has 0 radical (unpaired) electrons. The Balaban J connectivity index is 1.51. The molecule has 7 nitrogen and oxygen atoms in total. The number of rotatable bonds is 3. The third kappa shape index (κ3) is 3.30. The smallest absolute Gasteiger partial charge is 0.231 e. The van der Waals surface area contributed by atoms with Crippen molar-refractivity contribution in [3.8, 4) is 11.5 Å². The quantitative estimate of drug-likeness (QED) is 0.632. The van der Waals surface area contributed by atoms with E-state index in [1.54, 1.807) is 0 Å². The normalized spacial score (nSPS) is 24.9. The number of nitrogens with zero attached hydrogens (tertiary/aromatic N) is 2. The fourth-order valence-corrected chi connectivity index (χ4v) is 4.13. The summed E-state index contributed by atoms with van der Waals surface area (Å²) < 4.78 is 11.0. The topological polar surface area (TPSA) is 75.2 Å². The third-order valence-electron chi connectivity index (χ3n) is 5.37. The van der Waals surface area contributed by atoms with Crippen molar-refractivity contribution in [2.24, 2.45) is 10.4 Å². The van der Waals surface area contributed by atoms with E-state index >= 15 is 0 Å². The minimum Gasteiger partial charge on any atom is -0.454 e. The highest BCUT2D eigenvalue weighted by Gasteiger charge is 2.42. The monoisotopic (exact) mass is 358 g/mol. The molecule has 3 heterocycles. The summed E-state index contributed by atoms with van der Waals surface area (Å²) in [6, 6.07) is 5.91. The first-order valence-electron chi connectivity index (χ1n) is 9.37. The van der Waals surface area contributed by atoms with Gasteiger partial charge in [0.05, 0.1) is 6.54 Å². The van der Waals surface area contributed by atoms with Crippen molar-refractivity contribution in [2.75, 3.05) is 33.0 Å². The maximum absolute atomic E-state index is 11.7. The first-order chi connectivity index (χ1) is 12.7. The Bertz CT molecular complexity index is 721. The Morgan fingerprint density at radius 1 is 1.42 bits per heavy atom. The molecule has 3 aliphatic rings. The first-order valence-corrected chi connectivity index (χ1v) is 9.37. The number of hydrogen-bond donors (Lipinski definition) is 2. The van der Waals surface area contributed by atoms with E-state index in [1.807, 2.05) is 18.2 Å². The number of ether oxygens (including phenoxy) is 2. The fourth-order valence-electron chi connectivity index (χ4n) is 4.13. The number of carbonyl (C=O) groups is 1. The molecule has 7 heteroatoms. The van der Waals surface area contributed by atoms with Crippen LogP contribution in [0.3, 0.4) is 0 Å². The van der Waals surface area contributed by atoms with Gasteiger partial charge in [-0.1, -0.05) is 12.1 Å². The van der Waals surface area contributed by atoms with Crippen LogP contribution in [0.15, 0.2) is 23.2 Å². The summed E-state index contributed by atoms with van der Waals surface area (Å²) in [4.78, 5) is 18.9. The summed E-state index contributed by atoms with van der Waals surface area (Å²) in [5.41, 5.74) is 1.08. The van der Waals surface area contributed by atoms with Gasteiger partial charge in [-0.2, -0.15) is 0 Å². The van der Waals surface area contributed by atoms with Crippen molar-refractivity contribution >= 4 is 11.9 Å². The number of guanidine groups is 1. The molecule has 0 aliphatic carbocycles. The Labute approximate surface area is 153 Å². The number of amides is 1. The number of hydrogen-bond acceptors (Lipinski definition) is 4. The summed E-state index contributed by atoms with van der Waals surface area (Å²) in [5.74, 6) is 2.66. The van der Waals surface area contributed by atoms with Gasteiger partial charge in [0.2, 0.25) is 12.7 Å². The number of piperidine rings is 1. The van der Waals surface area contributed by atoms with Gasteiger partial charge in [0.25, 0.3) is 0 Å². The van der Waals surface area contributed by atoms with E-state index in [-0.39, 0.29) is 18.1 Å². The minimum atomic E-state index is 0.0521. The lowest BCUT2D eigenvalue weighted by Gasteiger charge is -2.40. The molecule has 0 aromatic heterocycles. The summed E-state index contributed by atoms with van der Waals surface area (Å²) in [5, 5.41) is 6.41. The molecule has 0 saturated carbocycles. The van der Waals surface area contributed by atoms with Crippen molar-refractivity contribution in [3.05, 3.63) is 23.8 Å². The molecule has 1 aromatic rings. The van der Waals surface area contributed by atoms with Crippen molar-refractivity contribution in [1.82, 2.24) is 15.5 Å². The second kappa shape index (κ2) is 7.05. The van der Waals surface area contributed by atoms with Crippen molar-refractivity contribution in [3.63, 3.8) is 0 Å². The van der Waals surface area contributed by atoms with Gasteiger partial charge in [0.15, 0.2) is 17.5 Å². The SMILES string of the molecule is CCNC(=NCc1cccc2c1OCO2)N1CCCC2(CNC(=O)C2)C1. The van der Waals surface area contributed by atoms with Crippen LogP contribution in [0, 0.1) is 5.41 Å². The number of nitrogens with one attached hydrogen (secondary N) is 2. The predicted molar refractivity (Wildman–Crippen MR) is 98.2 cm³/mol. The lowest BCUT2D eigenvalue weighted by Crippen LogP contribution is -2.51. The zero-order chi connectivity index (χ0) is 18.0. The molecular formula is C19H26N4O3. The number of carbonyl (C=O) groups excluding carboxylic acids is 1. The highest BCUT2D eigenvalue weighted by molar-refractivity contribution is 5.82. The van der Waals surface area contributed by atoms with Crippen molar-refractivity contribution < 1.29 is 14.3 Å². The van der Waals surface area contributed by atoms with Gasteiger partial charge in [0.1, 0.15) is 0 Å². The highest BCUT2D eigenvalue weighted by atomic mass is 16.7. The molecule has 1 spiro atoms. The number of aliphatic imine (C=N–C) groups is 1. The molecule has 140 valence electrons. The van der Waals surface area contributed by atoms with E-state index in [1.165, 1.54) is 0 Å². The predicted octanol–water partition coefficient (Wildman–Crippen LogP) is 1.48. The van der Waals surface area contributed by atoms with Crippen LogP contribution in [-0.2, 0) is 11.3 Å².